The number of hydrogen-bond donors (Lipinski definition) is 1. The number of nitrogens with zero attached hydrogens (tertiary/aromatic N) is 2. The fourth-order valence-electron chi connectivity index (χ4n) is 3.53. The molecule has 1 heterocycles. The Morgan fingerprint density at radius 1 is 1.13 bits per heavy atom. The molecule has 1 aliphatic heterocycles. The minimum atomic E-state index is -3.27. The molecule has 3 rings (SSSR count). The first-order valence-corrected chi connectivity index (χ1v) is 11.6. The van der Waals surface area contributed by atoms with Crippen molar-refractivity contribution in [1.82, 2.24) is 9.21 Å². The maximum Gasteiger partial charge on any atom is 0.387 e. The molecule has 10 heteroatoms. The van der Waals surface area contributed by atoms with Crippen molar-refractivity contribution in [2.75, 3.05) is 31.7 Å². The molecule has 1 N–H and O–H groups in total. The van der Waals surface area contributed by atoms with Gasteiger partial charge in [0.1, 0.15) is 5.75 Å². The lowest BCUT2D eigenvalue weighted by atomic mass is 10.0. The maximum absolute atomic E-state index is 13.1. The predicted octanol–water partition coefficient (Wildman–Crippen LogP) is 3.53. The predicted molar refractivity (Wildman–Crippen MR) is 114 cm³/mol. The Morgan fingerprint density at radius 3 is 2.32 bits per heavy atom. The fraction of sp³-hybridized carbons (Fsp3) is 0.381. The summed E-state index contributed by atoms with van der Waals surface area (Å²) in [6, 6.07) is 12.9. The summed E-state index contributed by atoms with van der Waals surface area (Å²) in [7, 11) is -1.71. The molecule has 1 fully saturated rings. The summed E-state index contributed by atoms with van der Waals surface area (Å²) in [5.74, 6) is -0.104. The lowest BCUT2D eigenvalue weighted by Crippen LogP contribution is -2.47. The topological polar surface area (TPSA) is 79.0 Å². The molecule has 0 bridgehead atoms. The van der Waals surface area contributed by atoms with Crippen LogP contribution in [-0.4, -0.2) is 62.6 Å². The number of nitrogens with one attached hydrogen (secondary N) is 1. The standard InChI is InChI=1S/C21H25F2N3O4S/c1-25(31(2,28)29)16-11-13-26(14-12-16)20(27)18-5-3-4-6-19(18)24-15-7-9-17(10-8-15)30-21(22)23/h3-10,16,21,24H,11-14H2,1-2H3. The van der Waals surface area contributed by atoms with Gasteiger partial charge in [0, 0.05) is 31.9 Å². The van der Waals surface area contributed by atoms with Crippen molar-refractivity contribution in [1.29, 1.82) is 0 Å². The highest BCUT2D eigenvalue weighted by atomic mass is 32.2. The number of anilines is 2. The highest BCUT2D eigenvalue weighted by molar-refractivity contribution is 7.88. The molecular weight excluding hydrogens is 428 g/mol. The van der Waals surface area contributed by atoms with E-state index in [2.05, 4.69) is 10.1 Å². The number of rotatable bonds is 7. The number of hydrogen-bond acceptors (Lipinski definition) is 5. The number of carbonyl (C=O) groups is 1. The zero-order valence-electron chi connectivity index (χ0n) is 17.3. The van der Waals surface area contributed by atoms with E-state index in [0.717, 1.165) is 0 Å². The van der Waals surface area contributed by atoms with E-state index in [-0.39, 0.29) is 17.7 Å². The number of likely N-dealkylation sites (tertiary alicyclic amines) is 1. The number of para-hydroxylation sites is 1. The molecule has 7 nitrogen and oxygen atoms in total. The third kappa shape index (κ3) is 5.92. The van der Waals surface area contributed by atoms with E-state index in [1.807, 2.05) is 0 Å². The molecule has 31 heavy (non-hydrogen) atoms. The van der Waals surface area contributed by atoms with Gasteiger partial charge in [0.2, 0.25) is 10.0 Å². The van der Waals surface area contributed by atoms with Crippen molar-refractivity contribution in [3.8, 4) is 5.75 Å². The van der Waals surface area contributed by atoms with Crippen LogP contribution >= 0.6 is 0 Å². The zero-order valence-corrected chi connectivity index (χ0v) is 18.1. The van der Waals surface area contributed by atoms with Gasteiger partial charge in [-0.3, -0.25) is 4.79 Å². The minimum absolute atomic E-state index is 0.0480. The molecule has 0 atom stereocenters. The lowest BCUT2D eigenvalue weighted by molar-refractivity contribution is -0.0498. The summed E-state index contributed by atoms with van der Waals surface area (Å²) in [5, 5.41) is 3.14. The van der Waals surface area contributed by atoms with Crippen LogP contribution in [0, 0.1) is 0 Å². The summed E-state index contributed by atoms with van der Waals surface area (Å²) in [5.41, 5.74) is 1.69. The Bertz CT molecular complexity index is 1010. The third-order valence-electron chi connectivity index (χ3n) is 5.31. The fourth-order valence-corrected chi connectivity index (χ4v) is 4.28. The maximum atomic E-state index is 13.1. The first kappa shape index (κ1) is 23.0. The van der Waals surface area contributed by atoms with Crippen LogP contribution in [-0.2, 0) is 10.0 Å². The van der Waals surface area contributed by atoms with Gasteiger partial charge in [0.25, 0.3) is 5.91 Å². The minimum Gasteiger partial charge on any atom is -0.435 e. The number of carbonyl (C=O) groups excluding carboxylic acids is 1. The number of halogens is 2. The number of sulfonamides is 1. The average molecular weight is 454 g/mol. The van der Waals surface area contributed by atoms with Crippen molar-refractivity contribution in [2.24, 2.45) is 0 Å². The molecular formula is C21H25F2N3O4S. The van der Waals surface area contributed by atoms with Crippen LogP contribution in [0.4, 0.5) is 20.2 Å². The van der Waals surface area contributed by atoms with Crippen molar-refractivity contribution in [3.05, 3.63) is 54.1 Å². The normalized spacial score (nSPS) is 15.4. The Morgan fingerprint density at radius 2 is 1.74 bits per heavy atom. The molecule has 2 aromatic carbocycles. The lowest BCUT2D eigenvalue weighted by Gasteiger charge is -2.36. The van der Waals surface area contributed by atoms with Gasteiger partial charge in [0.15, 0.2) is 0 Å². The summed E-state index contributed by atoms with van der Waals surface area (Å²) < 4.78 is 53.8. The molecule has 1 amide bonds. The Labute approximate surface area is 180 Å². The van der Waals surface area contributed by atoms with Gasteiger partial charge in [-0.15, -0.1) is 0 Å². The van der Waals surface area contributed by atoms with Gasteiger partial charge < -0.3 is 15.0 Å². The first-order chi connectivity index (χ1) is 14.6. The number of piperidine rings is 1. The second-order valence-electron chi connectivity index (χ2n) is 7.38. The first-order valence-electron chi connectivity index (χ1n) is 9.78. The van der Waals surface area contributed by atoms with Gasteiger partial charge >= 0.3 is 6.61 Å². The van der Waals surface area contributed by atoms with Crippen LogP contribution in [0.3, 0.4) is 0 Å². The van der Waals surface area contributed by atoms with E-state index < -0.39 is 16.6 Å². The number of alkyl halides is 2. The number of ether oxygens (including phenoxy) is 1. The summed E-state index contributed by atoms with van der Waals surface area (Å²) in [4.78, 5) is 14.8. The van der Waals surface area contributed by atoms with E-state index in [9.17, 15) is 22.0 Å². The Hall–Kier alpha value is -2.72. The van der Waals surface area contributed by atoms with E-state index >= 15 is 0 Å². The van der Waals surface area contributed by atoms with E-state index in [4.69, 9.17) is 0 Å². The van der Waals surface area contributed by atoms with E-state index in [1.165, 1.54) is 22.7 Å². The number of benzene rings is 2. The van der Waals surface area contributed by atoms with Gasteiger partial charge in [0.05, 0.1) is 17.5 Å². The number of amides is 1. The van der Waals surface area contributed by atoms with Gasteiger partial charge in [-0.1, -0.05) is 12.1 Å². The highest BCUT2D eigenvalue weighted by Crippen LogP contribution is 2.26. The van der Waals surface area contributed by atoms with E-state index in [1.54, 1.807) is 48.3 Å². The van der Waals surface area contributed by atoms with Gasteiger partial charge in [-0.2, -0.15) is 8.78 Å². The quantitative estimate of drug-likeness (QED) is 0.694. The zero-order chi connectivity index (χ0) is 22.6. The molecule has 0 unspecified atom stereocenters. The Balaban J connectivity index is 1.68. The summed E-state index contributed by atoms with van der Waals surface area (Å²) in [6.07, 6.45) is 2.31. The van der Waals surface area contributed by atoms with Crippen LogP contribution in [0.25, 0.3) is 0 Å². The second-order valence-corrected chi connectivity index (χ2v) is 9.42. The van der Waals surface area contributed by atoms with Crippen LogP contribution in [0.2, 0.25) is 0 Å². The molecule has 0 radical (unpaired) electrons. The molecule has 0 aliphatic carbocycles. The average Bonchev–Trinajstić information content (AvgIpc) is 2.73. The molecule has 1 saturated heterocycles. The SMILES string of the molecule is CN(C1CCN(C(=O)c2ccccc2Nc2ccc(OC(F)F)cc2)CC1)S(C)(=O)=O. The van der Waals surface area contributed by atoms with Crippen molar-refractivity contribution >= 4 is 27.3 Å². The Kier molecular flexibility index (Phi) is 7.11. The van der Waals surface area contributed by atoms with Gasteiger partial charge in [-0.25, -0.2) is 12.7 Å². The van der Waals surface area contributed by atoms with Crippen LogP contribution in [0.1, 0.15) is 23.2 Å². The second kappa shape index (κ2) is 9.61. The van der Waals surface area contributed by atoms with Gasteiger partial charge in [-0.05, 0) is 49.2 Å². The molecule has 0 spiro atoms. The summed E-state index contributed by atoms with van der Waals surface area (Å²) >= 11 is 0. The van der Waals surface area contributed by atoms with Crippen LogP contribution in [0.5, 0.6) is 5.75 Å². The van der Waals surface area contributed by atoms with Crippen LogP contribution in [0.15, 0.2) is 48.5 Å². The van der Waals surface area contributed by atoms with E-state index in [0.29, 0.717) is 42.9 Å². The monoisotopic (exact) mass is 453 g/mol. The van der Waals surface area contributed by atoms with Crippen LogP contribution < -0.4 is 10.1 Å². The smallest absolute Gasteiger partial charge is 0.387 e. The molecule has 168 valence electrons. The summed E-state index contributed by atoms with van der Waals surface area (Å²) in [6.45, 7) is -1.98. The highest BCUT2D eigenvalue weighted by Gasteiger charge is 2.30. The molecule has 0 aromatic heterocycles. The molecule has 1 aliphatic rings. The third-order valence-corrected chi connectivity index (χ3v) is 6.65. The van der Waals surface area contributed by atoms with Crippen molar-refractivity contribution in [2.45, 2.75) is 25.5 Å². The largest absolute Gasteiger partial charge is 0.435 e. The molecule has 0 saturated carbocycles. The van der Waals surface area contributed by atoms with Crippen molar-refractivity contribution in [3.63, 3.8) is 0 Å². The molecule has 2 aromatic rings. The van der Waals surface area contributed by atoms with Crippen molar-refractivity contribution < 1.29 is 26.7 Å².